The van der Waals surface area contributed by atoms with Crippen LogP contribution in [0.25, 0.3) is 5.69 Å². The summed E-state index contributed by atoms with van der Waals surface area (Å²) in [5.41, 5.74) is 1.34. The molecule has 1 aliphatic rings. The lowest BCUT2D eigenvalue weighted by atomic mass is 10.1. The number of amides is 2. The third-order valence-electron chi connectivity index (χ3n) is 4.42. The number of rotatable bonds is 4. The minimum absolute atomic E-state index is 0.000720. The summed E-state index contributed by atoms with van der Waals surface area (Å²) in [4.78, 5) is 31.8. The normalized spacial score (nSPS) is 16.9. The Morgan fingerprint density at radius 1 is 1.44 bits per heavy atom. The van der Waals surface area contributed by atoms with Crippen molar-refractivity contribution in [2.75, 3.05) is 24.5 Å². The first kappa shape index (κ1) is 17.4. The molecule has 2 aromatic rings. The summed E-state index contributed by atoms with van der Waals surface area (Å²) in [6.45, 7) is 4.98. The van der Waals surface area contributed by atoms with Gasteiger partial charge < -0.3 is 9.80 Å². The summed E-state index contributed by atoms with van der Waals surface area (Å²) in [5, 5.41) is 4.55. The number of likely N-dealkylation sites (tertiary alicyclic amines) is 1. The molecule has 1 saturated heterocycles. The van der Waals surface area contributed by atoms with Gasteiger partial charge in [-0.2, -0.15) is 5.10 Å². The zero-order valence-corrected chi connectivity index (χ0v) is 15.0. The highest BCUT2D eigenvalue weighted by molar-refractivity contribution is 6.32. The van der Waals surface area contributed by atoms with Crippen LogP contribution < -0.4 is 4.90 Å². The molecule has 8 heteroatoms. The Balaban J connectivity index is 1.83. The van der Waals surface area contributed by atoms with Gasteiger partial charge in [0.1, 0.15) is 5.69 Å². The highest BCUT2D eigenvalue weighted by atomic mass is 35.5. The lowest BCUT2D eigenvalue weighted by Gasteiger charge is -2.23. The fraction of sp³-hybridized carbons (Fsp3) is 0.412. The van der Waals surface area contributed by atoms with E-state index in [2.05, 4.69) is 10.1 Å². The van der Waals surface area contributed by atoms with Crippen LogP contribution in [-0.4, -0.2) is 51.1 Å². The van der Waals surface area contributed by atoms with Gasteiger partial charge in [-0.25, -0.2) is 4.68 Å². The molecule has 2 aromatic heterocycles. The monoisotopic (exact) mass is 361 g/mol. The van der Waals surface area contributed by atoms with E-state index >= 15 is 0 Å². The molecule has 0 aromatic carbocycles. The molecule has 1 fully saturated rings. The van der Waals surface area contributed by atoms with Crippen molar-refractivity contribution in [1.29, 1.82) is 0 Å². The number of carbonyl (C=O) groups excluding carboxylic acids is 2. The fourth-order valence-corrected chi connectivity index (χ4v) is 3.29. The molecule has 7 nitrogen and oxygen atoms in total. The molecule has 0 bridgehead atoms. The Morgan fingerprint density at radius 3 is 2.84 bits per heavy atom. The Labute approximate surface area is 151 Å². The Hall–Kier alpha value is -2.41. The summed E-state index contributed by atoms with van der Waals surface area (Å²) in [7, 11) is 0. The number of halogens is 1. The first-order valence-electron chi connectivity index (χ1n) is 8.23. The van der Waals surface area contributed by atoms with E-state index in [1.807, 2.05) is 19.1 Å². The molecule has 3 heterocycles. The van der Waals surface area contributed by atoms with E-state index in [1.165, 1.54) is 6.92 Å². The van der Waals surface area contributed by atoms with Crippen molar-refractivity contribution in [3.63, 3.8) is 0 Å². The smallest absolute Gasteiger partial charge is 0.232 e. The van der Waals surface area contributed by atoms with Gasteiger partial charge in [0.05, 0.1) is 24.0 Å². The van der Waals surface area contributed by atoms with Crippen molar-refractivity contribution in [2.45, 2.75) is 20.3 Å². The van der Waals surface area contributed by atoms with E-state index in [-0.39, 0.29) is 22.9 Å². The van der Waals surface area contributed by atoms with Crippen molar-refractivity contribution in [2.24, 2.45) is 5.92 Å². The van der Waals surface area contributed by atoms with Crippen LogP contribution in [0.3, 0.4) is 0 Å². The maximum Gasteiger partial charge on any atom is 0.232 e. The van der Waals surface area contributed by atoms with Gasteiger partial charge in [0.15, 0.2) is 5.15 Å². The number of nitrogens with zero attached hydrogens (tertiary/aromatic N) is 5. The number of hydrogen-bond acceptors (Lipinski definition) is 4. The molecular weight excluding hydrogens is 342 g/mol. The van der Waals surface area contributed by atoms with Gasteiger partial charge >= 0.3 is 0 Å². The molecule has 0 radical (unpaired) electrons. The van der Waals surface area contributed by atoms with Crippen LogP contribution in [0.2, 0.25) is 5.15 Å². The van der Waals surface area contributed by atoms with Gasteiger partial charge in [0.2, 0.25) is 11.8 Å². The molecule has 2 amide bonds. The molecular formula is C17H20ClN5O2. The average molecular weight is 362 g/mol. The maximum atomic E-state index is 12.9. The quantitative estimate of drug-likeness (QED) is 0.836. The van der Waals surface area contributed by atoms with Gasteiger partial charge in [-0.1, -0.05) is 11.6 Å². The van der Waals surface area contributed by atoms with Crippen molar-refractivity contribution in [1.82, 2.24) is 19.7 Å². The standard InChI is InChI=1S/C17H20ClN5O2/c1-3-22(17(25)13-6-8-21(10-13)12(2)24)15-11-23(20-16(15)18)14-5-4-7-19-9-14/h4-5,7,9,11,13H,3,6,8,10H2,1-2H3. The van der Waals surface area contributed by atoms with Crippen LogP contribution in [0.1, 0.15) is 20.3 Å². The van der Waals surface area contributed by atoms with Crippen LogP contribution >= 0.6 is 11.6 Å². The SMILES string of the molecule is CCN(C(=O)C1CCN(C(C)=O)C1)c1cn(-c2cccnc2)nc1Cl. The third kappa shape index (κ3) is 3.51. The minimum atomic E-state index is -0.207. The first-order valence-corrected chi connectivity index (χ1v) is 8.61. The lowest BCUT2D eigenvalue weighted by molar-refractivity contribution is -0.128. The van der Waals surface area contributed by atoms with Gasteiger partial charge in [-0.3, -0.25) is 14.6 Å². The lowest BCUT2D eigenvalue weighted by Crippen LogP contribution is -2.38. The number of hydrogen-bond donors (Lipinski definition) is 0. The molecule has 132 valence electrons. The zero-order valence-electron chi connectivity index (χ0n) is 14.2. The first-order chi connectivity index (χ1) is 12.0. The third-order valence-corrected chi connectivity index (χ3v) is 4.69. The second-order valence-electron chi connectivity index (χ2n) is 5.99. The molecule has 1 aliphatic heterocycles. The van der Waals surface area contributed by atoms with Crippen LogP contribution in [0.5, 0.6) is 0 Å². The fourth-order valence-electron chi connectivity index (χ4n) is 3.06. The summed E-state index contributed by atoms with van der Waals surface area (Å²) in [6, 6.07) is 3.67. The van der Waals surface area contributed by atoms with Crippen LogP contribution in [-0.2, 0) is 9.59 Å². The van der Waals surface area contributed by atoms with Crippen molar-refractivity contribution in [3.05, 3.63) is 35.9 Å². The van der Waals surface area contributed by atoms with E-state index in [0.29, 0.717) is 31.7 Å². The largest absolute Gasteiger partial charge is 0.342 e. The molecule has 1 atom stereocenters. The van der Waals surface area contributed by atoms with Crippen molar-refractivity contribution >= 4 is 29.1 Å². The minimum Gasteiger partial charge on any atom is -0.342 e. The summed E-state index contributed by atoms with van der Waals surface area (Å²) >= 11 is 6.29. The molecule has 0 spiro atoms. The van der Waals surface area contributed by atoms with Gasteiger partial charge in [-0.15, -0.1) is 0 Å². The van der Waals surface area contributed by atoms with Crippen LogP contribution in [0, 0.1) is 5.92 Å². The molecule has 25 heavy (non-hydrogen) atoms. The highest BCUT2D eigenvalue weighted by Gasteiger charge is 2.33. The second kappa shape index (κ2) is 7.23. The second-order valence-corrected chi connectivity index (χ2v) is 6.35. The Kier molecular flexibility index (Phi) is 5.03. The number of carbonyl (C=O) groups is 2. The zero-order chi connectivity index (χ0) is 18.0. The van der Waals surface area contributed by atoms with E-state index in [0.717, 1.165) is 5.69 Å². The number of pyridine rings is 1. The number of aromatic nitrogens is 3. The van der Waals surface area contributed by atoms with Crippen molar-refractivity contribution < 1.29 is 9.59 Å². The van der Waals surface area contributed by atoms with E-state index in [9.17, 15) is 9.59 Å². The van der Waals surface area contributed by atoms with Crippen LogP contribution in [0.4, 0.5) is 5.69 Å². The summed E-state index contributed by atoms with van der Waals surface area (Å²) < 4.78 is 1.61. The molecule has 0 saturated carbocycles. The summed E-state index contributed by atoms with van der Waals surface area (Å²) in [6.07, 6.45) is 5.76. The summed E-state index contributed by atoms with van der Waals surface area (Å²) in [5.74, 6) is -0.235. The topological polar surface area (TPSA) is 71.3 Å². The predicted molar refractivity (Wildman–Crippen MR) is 94.8 cm³/mol. The molecule has 3 rings (SSSR count). The molecule has 1 unspecified atom stereocenters. The number of anilines is 1. The maximum absolute atomic E-state index is 12.9. The highest BCUT2D eigenvalue weighted by Crippen LogP contribution is 2.29. The van der Waals surface area contributed by atoms with Gasteiger partial charge in [0, 0.05) is 32.8 Å². The Morgan fingerprint density at radius 2 is 2.24 bits per heavy atom. The molecule has 0 N–H and O–H groups in total. The predicted octanol–water partition coefficient (Wildman–Crippen LogP) is 2.14. The molecule has 0 aliphatic carbocycles. The van der Waals surface area contributed by atoms with E-state index < -0.39 is 0 Å². The van der Waals surface area contributed by atoms with Crippen molar-refractivity contribution in [3.8, 4) is 5.69 Å². The van der Waals surface area contributed by atoms with Gasteiger partial charge in [-0.05, 0) is 25.5 Å². The van der Waals surface area contributed by atoms with E-state index in [4.69, 9.17) is 11.6 Å². The average Bonchev–Trinajstić information content (AvgIpc) is 3.24. The van der Waals surface area contributed by atoms with E-state index in [1.54, 1.807) is 33.1 Å². The van der Waals surface area contributed by atoms with Crippen LogP contribution in [0.15, 0.2) is 30.7 Å². The Bertz CT molecular complexity index is 777. The van der Waals surface area contributed by atoms with Gasteiger partial charge in [0.25, 0.3) is 0 Å².